The Bertz CT molecular complexity index is 227. The molecule has 1 aliphatic rings. The van der Waals surface area contributed by atoms with Crippen molar-refractivity contribution in [3.05, 3.63) is 0 Å². The maximum absolute atomic E-state index is 11.4. The first-order chi connectivity index (χ1) is 7.37. The van der Waals surface area contributed by atoms with Gasteiger partial charge in [0.05, 0.1) is 12.6 Å². The molecule has 94 valence electrons. The second-order valence-corrected chi connectivity index (χ2v) is 5.47. The van der Waals surface area contributed by atoms with Gasteiger partial charge in [0.1, 0.15) is 5.60 Å². The minimum absolute atomic E-state index is 0.153. The van der Waals surface area contributed by atoms with E-state index in [0.29, 0.717) is 6.04 Å². The van der Waals surface area contributed by atoms with Crippen molar-refractivity contribution in [2.45, 2.75) is 64.2 Å². The van der Waals surface area contributed by atoms with Crippen LogP contribution in [0.3, 0.4) is 0 Å². The lowest BCUT2D eigenvalue weighted by atomic mass is 9.93. The molecule has 0 aromatic carbocycles. The van der Waals surface area contributed by atoms with Crippen LogP contribution in [0.4, 0.5) is 0 Å². The van der Waals surface area contributed by atoms with E-state index < -0.39 is 5.60 Å². The van der Waals surface area contributed by atoms with Gasteiger partial charge in [0.15, 0.2) is 0 Å². The van der Waals surface area contributed by atoms with Gasteiger partial charge < -0.3 is 15.2 Å². The lowest BCUT2D eigenvalue weighted by Gasteiger charge is -2.26. The van der Waals surface area contributed by atoms with E-state index in [-0.39, 0.29) is 18.6 Å². The second kappa shape index (κ2) is 5.64. The van der Waals surface area contributed by atoms with Crippen molar-refractivity contribution in [1.82, 2.24) is 5.32 Å². The third-order valence-electron chi connectivity index (χ3n) is 2.65. The predicted octanol–water partition coefficient (Wildman–Crippen LogP) is 1.22. The van der Waals surface area contributed by atoms with E-state index in [1.807, 2.05) is 20.8 Å². The van der Waals surface area contributed by atoms with Crippen LogP contribution in [0.25, 0.3) is 0 Å². The molecule has 0 unspecified atom stereocenters. The maximum Gasteiger partial charge on any atom is 0.320 e. The molecule has 1 fully saturated rings. The summed E-state index contributed by atoms with van der Waals surface area (Å²) in [6.45, 7) is 5.85. The summed E-state index contributed by atoms with van der Waals surface area (Å²) in [6.07, 6.45) is 3.37. The van der Waals surface area contributed by atoms with Gasteiger partial charge in [-0.15, -0.1) is 0 Å². The van der Waals surface area contributed by atoms with Crippen LogP contribution in [0.1, 0.15) is 46.5 Å². The average Bonchev–Trinajstić information content (AvgIpc) is 2.14. The summed E-state index contributed by atoms with van der Waals surface area (Å²) in [7, 11) is 0. The SMILES string of the molecule is CC(C)(C)OC(=O)CNC1CCC(O)CC1. The molecule has 0 aromatic rings. The van der Waals surface area contributed by atoms with Crippen molar-refractivity contribution in [1.29, 1.82) is 0 Å². The highest BCUT2D eigenvalue weighted by atomic mass is 16.6. The highest BCUT2D eigenvalue weighted by molar-refractivity contribution is 5.72. The van der Waals surface area contributed by atoms with Crippen molar-refractivity contribution >= 4 is 5.97 Å². The summed E-state index contributed by atoms with van der Waals surface area (Å²) in [6, 6.07) is 0.343. The van der Waals surface area contributed by atoms with Crippen LogP contribution in [0.2, 0.25) is 0 Å². The highest BCUT2D eigenvalue weighted by Gasteiger charge is 2.21. The van der Waals surface area contributed by atoms with Gasteiger partial charge in [0.25, 0.3) is 0 Å². The molecule has 0 spiro atoms. The summed E-state index contributed by atoms with van der Waals surface area (Å²) in [5.41, 5.74) is -0.415. The van der Waals surface area contributed by atoms with Gasteiger partial charge in [0, 0.05) is 6.04 Å². The first kappa shape index (κ1) is 13.5. The minimum Gasteiger partial charge on any atom is -0.459 e. The summed E-state index contributed by atoms with van der Waals surface area (Å²) in [5, 5.41) is 12.5. The number of esters is 1. The highest BCUT2D eigenvalue weighted by Crippen LogP contribution is 2.18. The number of aliphatic hydroxyl groups excluding tert-OH is 1. The van der Waals surface area contributed by atoms with Gasteiger partial charge >= 0.3 is 5.97 Å². The second-order valence-electron chi connectivity index (χ2n) is 5.47. The molecule has 1 saturated carbocycles. The number of aliphatic hydroxyl groups is 1. The van der Waals surface area contributed by atoms with E-state index in [0.717, 1.165) is 25.7 Å². The summed E-state index contributed by atoms with van der Waals surface area (Å²) >= 11 is 0. The van der Waals surface area contributed by atoms with Gasteiger partial charge in [-0.1, -0.05) is 0 Å². The van der Waals surface area contributed by atoms with E-state index in [1.54, 1.807) is 0 Å². The molecule has 0 atom stereocenters. The van der Waals surface area contributed by atoms with E-state index in [9.17, 15) is 9.90 Å². The molecule has 16 heavy (non-hydrogen) atoms. The molecular formula is C12H23NO3. The maximum atomic E-state index is 11.4. The number of rotatable bonds is 3. The molecule has 0 heterocycles. The number of hydrogen-bond donors (Lipinski definition) is 2. The predicted molar refractivity (Wildman–Crippen MR) is 62.1 cm³/mol. The van der Waals surface area contributed by atoms with E-state index in [2.05, 4.69) is 5.32 Å². The largest absolute Gasteiger partial charge is 0.459 e. The van der Waals surface area contributed by atoms with Gasteiger partial charge in [-0.25, -0.2) is 0 Å². The third kappa shape index (κ3) is 5.47. The molecule has 0 aliphatic heterocycles. The van der Waals surface area contributed by atoms with E-state index in [4.69, 9.17) is 4.74 Å². The Balaban J connectivity index is 2.17. The zero-order valence-corrected chi connectivity index (χ0v) is 10.5. The first-order valence-corrected chi connectivity index (χ1v) is 6.00. The van der Waals surface area contributed by atoms with Crippen molar-refractivity contribution < 1.29 is 14.6 Å². The Morgan fingerprint density at radius 3 is 2.38 bits per heavy atom. The van der Waals surface area contributed by atoms with Crippen LogP contribution in [0.5, 0.6) is 0 Å². The van der Waals surface area contributed by atoms with Crippen LogP contribution in [-0.4, -0.2) is 35.4 Å². The molecule has 0 radical (unpaired) electrons. The molecule has 1 aliphatic carbocycles. The Kier molecular flexibility index (Phi) is 4.74. The van der Waals surface area contributed by atoms with Gasteiger partial charge in [-0.05, 0) is 46.5 Å². The van der Waals surface area contributed by atoms with Crippen molar-refractivity contribution in [3.8, 4) is 0 Å². The molecule has 0 bridgehead atoms. The summed E-state index contributed by atoms with van der Waals surface area (Å²) < 4.78 is 5.20. The number of hydrogen-bond acceptors (Lipinski definition) is 4. The number of nitrogens with one attached hydrogen (secondary N) is 1. The van der Waals surface area contributed by atoms with Crippen LogP contribution in [0.15, 0.2) is 0 Å². The first-order valence-electron chi connectivity index (χ1n) is 6.00. The van der Waals surface area contributed by atoms with Crippen LogP contribution in [0, 0.1) is 0 Å². The lowest BCUT2D eigenvalue weighted by molar-refractivity contribution is -0.153. The fourth-order valence-corrected chi connectivity index (χ4v) is 1.89. The Labute approximate surface area is 97.4 Å². The Morgan fingerprint density at radius 2 is 1.88 bits per heavy atom. The lowest BCUT2D eigenvalue weighted by Crippen LogP contribution is -2.39. The fraction of sp³-hybridized carbons (Fsp3) is 0.917. The van der Waals surface area contributed by atoms with Crippen molar-refractivity contribution in [3.63, 3.8) is 0 Å². The summed E-state index contributed by atoms with van der Waals surface area (Å²) in [4.78, 5) is 11.4. The van der Waals surface area contributed by atoms with Crippen LogP contribution >= 0.6 is 0 Å². The average molecular weight is 229 g/mol. The van der Waals surface area contributed by atoms with Crippen molar-refractivity contribution in [2.24, 2.45) is 0 Å². The minimum atomic E-state index is -0.415. The molecule has 0 aromatic heterocycles. The topological polar surface area (TPSA) is 58.6 Å². The number of carbonyl (C=O) groups is 1. The van der Waals surface area contributed by atoms with Gasteiger partial charge in [-0.3, -0.25) is 4.79 Å². The molecule has 0 saturated heterocycles. The van der Waals surface area contributed by atoms with Crippen molar-refractivity contribution in [2.75, 3.05) is 6.54 Å². The standard InChI is InChI=1S/C12H23NO3/c1-12(2,3)16-11(15)8-13-9-4-6-10(14)7-5-9/h9-10,13-14H,4-8H2,1-3H3. The molecule has 4 nitrogen and oxygen atoms in total. The molecule has 0 amide bonds. The third-order valence-corrected chi connectivity index (χ3v) is 2.65. The molecule has 2 N–H and O–H groups in total. The Morgan fingerprint density at radius 1 is 1.31 bits per heavy atom. The molecular weight excluding hydrogens is 206 g/mol. The smallest absolute Gasteiger partial charge is 0.320 e. The number of ether oxygens (including phenoxy) is 1. The normalized spacial score (nSPS) is 26.5. The van der Waals surface area contributed by atoms with E-state index >= 15 is 0 Å². The van der Waals surface area contributed by atoms with Gasteiger partial charge in [0.2, 0.25) is 0 Å². The quantitative estimate of drug-likeness (QED) is 0.714. The molecule has 4 heteroatoms. The molecule has 1 rings (SSSR count). The zero-order chi connectivity index (χ0) is 12.2. The monoisotopic (exact) mass is 229 g/mol. The fourth-order valence-electron chi connectivity index (χ4n) is 1.89. The van der Waals surface area contributed by atoms with E-state index in [1.165, 1.54) is 0 Å². The van der Waals surface area contributed by atoms with Gasteiger partial charge in [-0.2, -0.15) is 0 Å². The summed E-state index contributed by atoms with van der Waals surface area (Å²) in [5.74, 6) is -0.210. The number of carbonyl (C=O) groups excluding carboxylic acids is 1. The Hall–Kier alpha value is -0.610. The zero-order valence-electron chi connectivity index (χ0n) is 10.5. The van der Waals surface area contributed by atoms with Crippen LogP contribution in [-0.2, 0) is 9.53 Å². The van der Waals surface area contributed by atoms with Crippen LogP contribution < -0.4 is 5.32 Å².